The molecule has 0 atom stereocenters. The molecule has 0 saturated carbocycles. The van der Waals surface area contributed by atoms with Crippen LogP contribution in [-0.4, -0.2) is 14.8 Å². The van der Waals surface area contributed by atoms with E-state index in [1.54, 1.807) is 4.68 Å². The van der Waals surface area contributed by atoms with Crippen molar-refractivity contribution in [2.75, 3.05) is 0 Å². The highest BCUT2D eigenvalue weighted by atomic mass is 16.1. The Labute approximate surface area is 93.9 Å². The summed E-state index contributed by atoms with van der Waals surface area (Å²) in [6.07, 6.45) is 0.728. The molecule has 0 unspecified atom stereocenters. The first-order valence-electron chi connectivity index (χ1n) is 5.37. The number of nitrogens with zero attached hydrogens (tertiary/aromatic N) is 2. The minimum absolute atomic E-state index is 0.294. The molecule has 84 valence electrons. The number of benzene rings is 1. The van der Waals surface area contributed by atoms with Gasteiger partial charge < -0.3 is 0 Å². The number of nitrogens with one attached hydrogen (secondary N) is 1. The van der Waals surface area contributed by atoms with Crippen molar-refractivity contribution in [1.29, 1.82) is 0 Å². The summed E-state index contributed by atoms with van der Waals surface area (Å²) in [5.74, 6) is 0.763. The lowest BCUT2D eigenvalue weighted by Gasteiger charge is -2.09. The second-order valence-corrected chi connectivity index (χ2v) is 3.92. The third-order valence-electron chi connectivity index (χ3n) is 2.62. The fraction of sp³-hybridized carbons (Fsp3) is 0.333. The van der Waals surface area contributed by atoms with Crippen LogP contribution >= 0.6 is 0 Å². The summed E-state index contributed by atoms with van der Waals surface area (Å²) in [5, 5.41) is 2.73. The van der Waals surface area contributed by atoms with E-state index in [0.717, 1.165) is 29.1 Å². The molecule has 2 rings (SSSR count). The third-order valence-corrected chi connectivity index (χ3v) is 2.62. The molecule has 0 amide bonds. The summed E-state index contributed by atoms with van der Waals surface area (Å²) in [4.78, 5) is 15.2. The Hall–Kier alpha value is -1.84. The highest BCUT2D eigenvalue weighted by Crippen LogP contribution is 2.15. The van der Waals surface area contributed by atoms with Gasteiger partial charge in [0.15, 0.2) is 0 Å². The van der Waals surface area contributed by atoms with Gasteiger partial charge in [0.2, 0.25) is 0 Å². The molecule has 0 aliphatic rings. The van der Waals surface area contributed by atoms with Crippen molar-refractivity contribution in [1.82, 2.24) is 14.8 Å². The summed E-state index contributed by atoms with van der Waals surface area (Å²) < 4.78 is 1.77. The van der Waals surface area contributed by atoms with E-state index < -0.39 is 0 Å². The summed E-state index contributed by atoms with van der Waals surface area (Å²) >= 11 is 0. The van der Waals surface area contributed by atoms with Crippen molar-refractivity contribution in [3.63, 3.8) is 0 Å². The Morgan fingerprint density at radius 2 is 2.12 bits per heavy atom. The molecule has 0 aliphatic heterocycles. The van der Waals surface area contributed by atoms with Gasteiger partial charge in [-0.2, -0.15) is 4.98 Å². The normalized spacial score (nSPS) is 10.7. The standard InChI is InChI=1S/C12H15N3O/c1-4-11-13-12(16)14-15(11)10-7-8(2)5-6-9(10)3/h5-7H,4H2,1-3H3,(H,14,16). The fourth-order valence-electron chi connectivity index (χ4n) is 1.75. The Morgan fingerprint density at radius 3 is 2.81 bits per heavy atom. The molecular formula is C12H15N3O. The lowest BCUT2D eigenvalue weighted by Crippen LogP contribution is -2.07. The van der Waals surface area contributed by atoms with Gasteiger partial charge in [0.25, 0.3) is 0 Å². The quantitative estimate of drug-likeness (QED) is 0.833. The molecule has 0 radical (unpaired) electrons. The first-order chi connectivity index (χ1) is 7.61. The predicted molar refractivity (Wildman–Crippen MR) is 63.0 cm³/mol. The zero-order valence-corrected chi connectivity index (χ0v) is 9.74. The zero-order valence-electron chi connectivity index (χ0n) is 9.74. The van der Waals surface area contributed by atoms with E-state index in [1.807, 2.05) is 32.9 Å². The molecule has 0 aliphatic carbocycles. The van der Waals surface area contributed by atoms with E-state index in [1.165, 1.54) is 0 Å². The topological polar surface area (TPSA) is 50.7 Å². The molecule has 0 spiro atoms. The molecule has 4 heteroatoms. The van der Waals surface area contributed by atoms with Crippen LogP contribution in [0.25, 0.3) is 5.69 Å². The number of hydrogen-bond donors (Lipinski definition) is 1. The van der Waals surface area contributed by atoms with E-state index in [-0.39, 0.29) is 5.69 Å². The lowest BCUT2D eigenvalue weighted by molar-refractivity contribution is 0.791. The van der Waals surface area contributed by atoms with E-state index in [9.17, 15) is 4.79 Å². The van der Waals surface area contributed by atoms with Crippen molar-refractivity contribution in [3.05, 3.63) is 45.6 Å². The summed E-state index contributed by atoms with van der Waals surface area (Å²) in [6, 6.07) is 6.15. The highest BCUT2D eigenvalue weighted by Gasteiger charge is 2.08. The average Bonchev–Trinajstić information content (AvgIpc) is 2.63. The number of aromatic amines is 1. The maximum atomic E-state index is 11.3. The van der Waals surface area contributed by atoms with Crippen LogP contribution in [0.2, 0.25) is 0 Å². The van der Waals surface area contributed by atoms with Crippen LogP contribution in [0.3, 0.4) is 0 Å². The van der Waals surface area contributed by atoms with Gasteiger partial charge in [-0.25, -0.2) is 14.6 Å². The minimum Gasteiger partial charge on any atom is -0.244 e. The van der Waals surface area contributed by atoms with Crippen LogP contribution in [0, 0.1) is 13.8 Å². The third kappa shape index (κ3) is 1.78. The number of aryl methyl sites for hydroxylation is 3. The Kier molecular flexibility index (Phi) is 2.64. The molecule has 16 heavy (non-hydrogen) atoms. The van der Waals surface area contributed by atoms with Crippen molar-refractivity contribution in [3.8, 4) is 5.69 Å². The second kappa shape index (κ2) is 3.96. The van der Waals surface area contributed by atoms with E-state index in [4.69, 9.17) is 0 Å². The Morgan fingerprint density at radius 1 is 1.38 bits per heavy atom. The van der Waals surface area contributed by atoms with Gasteiger partial charge in [-0.15, -0.1) is 0 Å². The van der Waals surface area contributed by atoms with Gasteiger partial charge in [-0.3, -0.25) is 0 Å². The first kappa shape index (κ1) is 10.7. The van der Waals surface area contributed by atoms with Crippen LogP contribution in [-0.2, 0) is 6.42 Å². The predicted octanol–water partition coefficient (Wildman–Crippen LogP) is 1.74. The van der Waals surface area contributed by atoms with Crippen LogP contribution in [0.5, 0.6) is 0 Å². The maximum Gasteiger partial charge on any atom is 0.361 e. The van der Waals surface area contributed by atoms with Gasteiger partial charge in [-0.1, -0.05) is 19.1 Å². The lowest BCUT2D eigenvalue weighted by atomic mass is 10.1. The minimum atomic E-state index is -0.294. The van der Waals surface area contributed by atoms with Gasteiger partial charge in [-0.05, 0) is 31.0 Å². The highest BCUT2D eigenvalue weighted by molar-refractivity contribution is 5.42. The molecule has 0 bridgehead atoms. The van der Waals surface area contributed by atoms with Gasteiger partial charge in [0, 0.05) is 6.42 Å². The molecule has 0 saturated heterocycles. The zero-order chi connectivity index (χ0) is 11.7. The van der Waals surface area contributed by atoms with Crippen molar-refractivity contribution < 1.29 is 0 Å². The summed E-state index contributed by atoms with van der Waals surface area (Å²) in [6.45, 7) is 6.04. The van der Waals surface area contributed by atoms with Crippen molar-refractivity contribution in [2.45, 2.75) is 27.2 Å². The fourth-order valence-corrected chi connectivity index (χ4v) is 1.75. The smallest absolute Gasteiger partial charge is 0.244 e. The molecule has 1 N–H and O–H groups in total. The molecule has 1 aromatic carbocycles. The summed E-state index contributed by atoms with van der Waals surface area (Å²) in [7, 11) is 0. The van der Waals surface area contributed by atoms with Gasteiger partial charge in [0.05, 0.1) is 5.69 Å². The van der Waals surface area contributed by atoms with E-state index in [0.29, 0.717) is 0 Å². The monoisotopic (exact) mass is 217 g/mol. The number of aromatic nitrogens is 3. The molecule has 1 aromatic heterocycles. The Bertz CT molecular complexity index is 566. The van der Waals surface area contributed by atoms with Crippen molar-refractivity contribution in [2.24, 2.45) is 0 Å². The van der Waals surface area contributed by atoms with Crippen LogP contribution in [0.15, 0.2) is 23.0 Å². The SMILES string of the molecule is CCc1nc(=O)[nH]n1-c1cc(C)ccc1C. The largest absolute Gasteiger partial charge is 0.361 e. The second-order valence-electron chi connectivity index (χ2n) is 3.92. The molecular weight excluding hydrogens is 202 g/mol. The number of hydrogen-bond acceptors (Lipinski definition) is 2. The molecule has 4 nitrogen and oxygen atoms in total. The van der Waals surface area contributed by atoms with Crippen molar-refractivity contribution >= 4 is 0 Å². The maximum absolute atomic E-state index is 11.3. The van der Waals surface area contributed by atoms with E-state index >= 15 is 0 Å². The first-order valence-corrected chi connectivity index (χ1v) is 5.37. The van der Waals surface area contributed by atoms with Gasteiger partial charge in [0.1, 0.15) is 5.82 Å². The van der Waals surface area contributed by atoms with Crippen LogP contribution in [0.1, 0.15) is 23.9 Å². The van der Waals surface area contributed by atoms with Crippen LogP contribution < -0.4 is 5.69 Å². The van der Waals surface area contributed by atoms with Crippen LogP contribution in [0.4, 0.5) is 0 Å². The van der Waals surface area contributed by atoms with E-state index in [2.05, 4.69) is 16.1 Å². The molecule has 0 fully saturated rings. The van der Waals surface area contributed by atoms with Gasteiger partial charge >= 0.3 is 5.69 Å². The molecule has 1 heterocycles. The average molecular weight is 217 g/mol. The summed E-state index contributed by atoms with van der Waals surface area (Å²) in [5.41, 5.74) is 2.98. The number of H-pyrrole nitrogens is 1. The number of rotatable bonds is 2. The Balaban J connectivity index is 2.66. The molecule has 2 aromatic rings.